The van der Waals surface area contributed by atoms with Crippen molar-refractivity contribution in [2.45, 2.75) is 25.8 Å². The lowest BCUT2D eigenvalue weighted by Gasteiger charge is -2.31. The fourth-order valence-corrected chi connectivity index (χ4v) is 1.99. The first-order valence-electron chi connectivity index (χ1n) is 6.14. The maximum absolute atomic E-state index is 11.5. The number of likely N-dealkylation sites (tertiary alicyclic amines) is 1. The second kappa shape index (κ2) is 8.37. The Balaban J connectivity index is 2.17. The maximum Gasteiger partial charge on any atom is 0.409 e. The van der Waals surface area contributed by atoms with Crippen LogP contribution in [0.3, 0.4) is 0 Å². The number of hydrogen-bond donors (Lipinski definition) is 1. The Bertz CT molecular complexity index is 251. The second-order valence-electron chi connectivity index (χ2n) is 3.99. The minimum absolute atomic E-state index is 0.187. The summed E-state index contributed by atoms with van der Waals surface area (Å²) in [5.41, 5.74) is 0. The number of rotatable bonds is 5. The van der Waals surface area contributed by atoms with Crippen LogP contribution in [0.1, 0.15) is 19.8 Å². The van der Waals surface area contributed by atoms with Crippen molar-refractivity contribution in [1.29, 1.82) is 0 Å². The molecule has 0 saturated carbocycles. The standard InChI is InChI=1S/C12H21ClN2O2/c1-2-17-12(16)15-9-5-11(6-10-15)14-8-4-3-7-13/h3-4,11,14H,2,5-10H2,1H3/b4-3+. The Morgan fingerprint density at radius 3 is 2.76 bits per heavy atom. The van der Waals surface area contributed by atoms with E-state index in [1.807, 2.05) is 19.1 Å². The quantitative estimate of drug-likeness (QED) is 0.607. The smallest absolute Gasteiger partial charge is 0.409 e. The summed E-state index contributed by atoms with van der Waals surface area (Å²) in [7, 11) is 0. The Morgan fingerprint density at radius 1 is 1.47 bits per heavy atom. The molecule has 0 aliphatic carbocycles. The van der Waals surface area contributed by atoms with E-state index in [0.29, 0.717) is 18.5 Å². The Morgan fingerprint density at radius 2 is 2.18 bits per heavy atom. The fraction of sp³-hybridized carbons (Fsp3) is 0.750. The summed E-state index contributed by atoms with van der Waals surface area (Å²) in [5, 5.41) is 3.42. The molecule has 1 saturated heterocycles. The fourth-order valence-electron chi connectivity index (χ4n) is 1.86. The van der Waals surface area contributed by atoms with Gasteiger partial charge in [0.05, 0.1) is 6.61 Å². The minimum Gasteiger partial charge on any atom is -0.450 e. The van der Waals surface area contributed by atoms with E-state index in [9.17, 15) is 4.79 Å². The molecule has 1 aliphatic heterocycles. The molecule has 0 bridgehead atoms. The lowest BCUT2D eigenvalue weighted by molar-refractivity contribution is 0.0954. The number of piperidine rings is 1. The number of hydrogen-bond acceptors (Lipinski definition) is 3. The van der Waals surface area contributed by atoms with E-state index in [1.54, 1.807) is 4.90 Å². The summed E-state index contributed by atoms with van der Waals surface area (Å²) in [6.45, 7) is 4.66. The van der Waals surface area contributed by atoms with Crippen LogP contribution in [0.25, 0.3) is 0 Å². The average molecular weight is 261 g/mol. The molecule has 5 heteroatoms. The van der Waals surface area contributed by atoms with E-state index in [2.05, 4.69) is 5.32 Å². The van der Waals surface area contributed by atoms with Crippen LogP contribution in [0.5, 0.6) is 0 Å². The van der Waals surface area contributed by atoms with Gasteiger partial charge in [0, 0.05) is 31.6 Å². The molecule has 0 unspecified atom stereocenters. The van der Waals surface area contributed by atoms with E-state index >= 15 is 0 Å². The van der Waals surface area contributed by atoms with Crippen LogP contribution >= 0.6 is 11.6 Å². The molecule has 0 radical (unpaired) electrons. The summed E-state index contributed by atoms with van der Waals surface area (Å²) in [4.78, 5) is 13.2. The molecule has 4 nitrogen and oxygen atoms in total. The van der Waals surface area contributed by atoms with Crippen LogP contribution in [0.15, 0.2) is 12.2 Å². The number of carbonyl (C=O) groups excluding carboxylic acids is 1. The van der Waals surface area contributed by atoms with Crippen LogP contribution < -0.4 is 5.32 Å². The first kappa shape index (κ1) is 14.3. The zero-order valence-electron chi connectivity index (χ0n) is 10.3. The maximum atomic E-state index is 11.5. The van der Waals surface area contributed by atoms with Crippen molar-refractivity contribution in [2.75, 3.05) is 32.1 Å². The lowest BCUT2D eigenvalue weighted by Crippen LogP contribution is -2.45. The molecule has 1 rings (SSSR count). The number of allylic oxidation sites excluding steroid dienone is 1. The van der Waals surface area contributed by atoms with Crippen LogP contribution in [-0.4, -0.2) is 49.2 Å². The number of carbonyl (C=O) groups is 1. The van der Waals surface area contributed by atoms with Gasteiger partial charge < -0.3 is 15.0 Å². The summed E-state index contributed by atoms with van der Waals surface area (Å²) in [6, 6.07) is 0.487. The number of nitrogens with one attached hydrogen (secondary N) is 1. The van der Waals surface area contributed by atoms with Gasteiger partial charge in [0.25, 0.3) is 0 Å². The number of halogens is 1. The first-order valence-corrected chi connectivity index (χ1v) is 6.67. The van der Waals surface area contributed by atoms with E-state index in [-0.39, 0.29) is 6.09 Å². The number of nitrogens with zero attached hydrogens (tertiary/aromatic N) is 1. The molecule has 1 fully saturated rings. The summed E-state index contributed by atoms with van der Waals surface area (Å²) >= 11 is 5.53. The third-order valence-electron chi connectivity index (χ3n) is 2.80. The van der Waals surface area contributed by atoms with Crippen molar-refractivity contribution in [1.82, 2.24) is 10.2 Å². The van der Waals surface area contributed by atoms with Gasteiger partial charge in [-0.2, -0.15) is 0 Å². The molecule has 17 heavy (non-hydrogen) atoms. The Kier molecular flexibility index (Phi) is 7.05. The van der Waals surface area contributed by atoms with Gasteiger partial charge in [0.1, 0.15) is 0 Å². The molecule has 0 aromatic heterocycles. The highest BCUT2D eigenvalue weighted by molar-refractivity contribution is 6.18. The molecule has 1 amide bonds. The zero-order valence-corrected chi connectivity index (χ0v) is 11.1. The molecular formula is C12H21ClN2O2. The van der Waals surface area contributed by atoms with Crippen molar-refractivity contribution < 1.29 is 9.53 Å². The van der Waals surface area contributed by atoms with E-state index in [1.165, 1.54) is 0 Å². The van der Waals surface area contributed by atoms with Gasteiger partial charge in [-0.25, -0.2) is 4.79 Å². The molecule has 1 heterocycles. The predicted molar refractivity (Wildman–Crippen MR) is 69.5 cm³/mol. The van der Waals surface area contributed by atoms with Gasteiger partial charge in [-0.1, -0.05) is 12.2 Å². The Labute approximate surface area is 108 Å². The largest absolute Gasteiger partial charge is 0.450 e. The van der Waals surface area contributed by atoms with E-state index in [4.69, 9.17) is 16.3 Å². The van der Waals surface area contributed by atoms with Crippen molar-refractivity contribution >= 4 is 17.7 Å². The molecule has 1 N–H and O–H groups in total. The molecule has 1 aliphatic rings. The van der Waals surface area contributed by atoms with E-state index in [0.717, 1.165) is 32.5 Å². The highest BCUT2D eigenvalue weighted by Gasteiger charge is 2.22. The second-order valence-corrected chi connectivity index (χ2v) is 4.30. The molecule has 0 spiro atoms. The SMILES string of the molecule is CCOC(=O)N1CCC(NC/C=C/CCl)CC1. The predicted octanol–water partition coefficient (Wildman–Crippen LogP) is 1.99. The van der Waals surface area contributed by atoms with Crippen LogP contribution in [-0.2, 0) is 4.74 Å². The van der Waals surface area contributed by atoms with Crippen molar-refractivity contribution in [3.05, 3.63) is 12.2 Å². The third-order valence-corrected chi connectivity index (χ3v) is 2.98. The minimum atomic E-state index is -0.187. The lowest BCUT2D eigenvalue weighted by atomic mass is 10.1. The highest BCUT2D eigenvalue weighted by atomic mass is 35.5. The average Bonchev–Trinajstić information content (AvgIpc) is 2.36. The van der Waals surface area contributed by atoms with Crippen LogP contribution in [0.2, 0.25) is 0 Å². The van der Waals surface area contributed by atoms with Crippen LogP contribution in [0, 0.1) is 0 Å². The summed E-state index contributed by atoms with van der Waals surface area (Å²) in [5.74, 6) is 0.559. The number of ether oxygens (including phenoxy) is 1. The van der Waals surface area contributed by atoms with Crippen molar-refractivity contribution in [3.63, 3.8) is 0 Å². The molecule has 0 atom stereocenters. The first-order chi connectivity index (χ1) is 8.27. The monoisotopic (exact) mass is 260 g/mol. The van der Waals surface area contributed by atoms with Gasteiger partial charge in [-0.3, -0.25) is 0 Å². The third kappa shape index (κ3) is 5.41. The number of alkyl halides is 1. The molecule has 98 valence electrons. The van der Waals surface area contributed by atoms with Gasteiger partial charge in [-0.05, 0) is 19.8 Å². The zero-order chi connectivity index (χ0) is 12.5. The van der Waals surface area contributed by atoms with Gasteiger partial charge in [0.2, 0.25) is 0 Å². The van der Waals surface area contributed by atoms with Gasteiger partial charge in [-0.15, -0.1) is 11.6 Å². The molecule has 0 aromatic carbocycles. The van der Waals surface area contributed by atoms with Crippen molar-refractivity contribution in [2.24, 2.45) is 0 Å². The topological polar surface area (TPSA) is 41.6 Å². The van der Waals surface area contributed by atoms with Crippen molar-refractivity contribution in [3.8, 4) is 0 Å². The summed E-state index contributed by atoms with van der Waals surface area (Å²) < 4.78 is 4.97. The summed E-state index contributed by atoms with van der Waals surface area (Å²) in [6.07, 6.45) is 5.74. The number of amides is 1. The Hall–Kier alpha value is -0.740. The van der Waals surface area contributed by atoms with Gasteiger partial charge in [0.15, 0.2) is 0 Å². The molecule has 0 aromatic rings. The highest BCUT2D eigenvalue weighted by Crippen LogP contribution is 2.11. The normalized spacial score (nSPS) is 17.6. The van der Waals surface area contributed by atoms with E-state index < -0.39 is 0 Å². The molecular weight excluding hydrogens is 240 g/mol. The van der Waals surface area contributed by atoms with Gasteiger partial charge >= 0.3 is 6.09 Å². The van der Waals surface area contributed by atoms with Crippen LogP contribution in [0.4, 0.5) is 4.79 Å².